The predicted octanol–water partition coefficient (Wildman–Crippen LogP) is 2.32. The van der Waals surface area contributed by atoms with E-state index >= 15 is 0 Å². The van der Waals surface area contributed by atoms with E-state index in [2.05, 4.69) is 0 Å². The van der Waals surface area contributed by atoms with E-state index in [9.17, 15) is 9.90 Å². The maximum absolute atomic E-state index is 12.7. The van der Waals surface area contributed by atoms with Gasteiger partial charge in [0.15, 0.2) is 0 Å². The molecule has 0 bridgehead atoms. The van der Waals surface area contributed by atoms with E-state index in [1.54, 1.807) is 4.90 Å². The number of aliphatic hydroxyl groups excluding tert-OH is 1. The van der Waals surface area contributed by atoms with Gasteiger partial charge in [-0.3, -0.25) is 4.79 Å². The van der Waals surface area contributed by atoms with Gasteiger partial charge in [-0.15, -0.1) is 0 Å². The number of nitrogens with zero attached hydrogens (tertiary/aromatic N) is 1. The standard InChI is InChI=1S/C17H23NO3/c1-12-8-9-18(10-15(12)19)17(20)14-4-2-3-5-16(14)21-11-13-6-7-13/h2-5,12-13,15,19H,6-11H2,1H3. The molecular weight excluding hydrogens is 266 g/mol. The highest BCUT2D eigenvalue weighted by molar-refractivity contribution is 5.97. The first-order chi connectivity index (χ1) is 10.1. The number of aliphatic hydroxyl groups is 1. The van der Waals surface area contributed by atoms with Gasteiger partial charge in [0.2, 0.25) is 0 Å². The van der Waals surface area contributed by atoms with Crippen LogP contribution in [0.2, 0.25) is 0 Å². The third kappa shape index (κ3) is 3.38. The summed E-state index contributed by atoms with van der Waals surface area (Å²) in [5.74, 6) is 1.55. The first kappa shape index (κ1) is 14.4. The lowest BCUT2D eigenvalue weighted by Crippen LogP contribution is -2.45. The van der Waals surface area contributed by atoms with Crippen LogP contribution in [0.5, 0.6) is 5.75 Å². The highest BCUT2D eigenvalue weighted by atomic mass is 16.5. The molecule has 4 nitrogen and oxygen atoms in total. The summed E-state index contributed by atoms with van der Waals surface area (Å²) in [4.78, 5) is 14.4. The van der Waals surface area contributed by atoms with Gasteiger partial charge in [0, 0.05) is 13.1 Å². The zero-order valence-corrected chi connectivity index (χ0v) is 12.5. The van der Waals surface area contributed by atoms with Crippen molar-refractivity contribution in [3.05, 3.63) is 29.8 Å². The summed E-state index contributed by atoms with van der Waals surface area (Å²) in [6.07, 6.45) is 2.87. The Morgan fingerprint density at radius 2 is 2.10 bits per heavy atom. The van der Waals surface area contributed by atoms with Gasteiger partial charge in [0.05, 0.1) is 18.3 Å². The Labute approximate surface area is 125 Å². The Kier molecular flexibility index (Phi) is 4.15. The maximum Gasteiger partial charge on any atom is 0.257 e. The second-order valence-electron chi connectivity index (χ2n) is 6.34. The lowest BCUT2D eigenvalue weighted by atomic mass is 9.95. The molecule has 2 unspecified atom stereocenters. The molecule has 0 radical (unpaired) electrons. The van der Waals surface area contributed by atoms with Crippen molar-refractivity contribution in [3.63, 3.8) is 0 Å². The van der Waals surface area contributed by atoms with Gasteiger partial charge in [-0.2, -0.15) is 0 Å². The van der Waals surface area contributed by atoms with Crippen molar-refractivity contribution in [2.45, 2.75) is 32.3 Å². The number of benzene rings is 1. The number of β-amino-alcohol motifs (C(OH)–C–C–N with tert-alkyl or cyclic N) is 1. The number of hydrogen-bond acceptors (Lipinski definition) is 3. The summed E-state index contributed by atoms with van der Waals surface area (Å²) in [5.41, 5.74) is 0.611. The smallest absolute Gasteiger partial charge is 0.257 e. The predicted molar refractivity (Wildman–Crippen MR) is 80.4 cm³/mol. The molecule has 4 heteroatoms. The van der Waals surface area contributed by atoms with Crippen LogP contribution >= 0.6 is 0 Å². The lowest BCUT2D eigenvalue weighted by molar-refractivity contribution is 0.0246. The molecule has 2 atom stereocenters. The average Bonchev–Trinajstić information content (AvgIpc) is 3.32. The normalized spacial score (nSPS) is 25.7. The molecule has 2 aliphatic rings. The number of amides is 1. The fourth-order valence-electron chi connectivity index (χ4n) is 2.67. The highest BCUT2D eigenvalue weighted by Gasteiger charge is 2.29. The summed E-state index contributed by atoms with van der Waals surface area (Å²) < 4.78 is 5.81. The topological polar surface area (TPSA) is 49.8 Å². The monoisotopic (exact) mass is 289 g/mol. The van der Waals surface area contributed by atoms with Crippen molar-refractivity contribution >= 4 is 5.91 Å². The minimum atomic E-state index is -0.428. The van der Waals surface area contributed by atoms with Crippen molar-refractivity contribution in [3.8, 4) is 5.75 Å². The van der Waals surface area contributed by atoms with Crippen LogP contribution in [-0.4, -0.2) is 41.7 Å². The SMILES string of the molecule is CC1CCN(C(=O)c2ccccc2OCC2CC2)CC1O. The Bertz CT molecular complexity index is 513. The van der Waals surface area contributed by atoms with E-state index in [1.165, 1.54) is 12.8 Å². The molecule has 0 aromatic heterocycles. The van der Waals surface area contributed by atoms with Crippen LogP contribution in [0, 0.1) is 11.8 Å². The number of rotatable bonds is 4. The molecule has 1 aromatic carbocycles. The third-order valence-electron chi connectivity index (χ3n) is 4.49. The molecule has 1 aliphatic heterocycles. The number of ether oxygens (including phenoxy) is 1. The van der Waals surface area contributed by atoms with Gasteiger partial charge in [0.25, 0.3) is 5.91 Å². The molecule has 1 saturated heterocycles. The number of carbonyl (C=O) groups is 1. The number of para-hydroxylation sites is 1. The van der Waals surface area contributed by atoms with Crippen LogP contribution in [0.1, 0.15) is 36.5 Å². The molecule has 21 heavy (non-hydrogen) atoms. The van der Waals surface area contributed by atoms with Gasteiger partial charge < -0.3 is 14.7 Å². The maximum atomic E-state index is 12.7. The molecule has 114 valence electrons. The highest BCUT2D eigenvalue weighted by Crippen LogP contribution is 2.31. The van der Waals surface area contributed by atoms with Crippen molar-refractivity contribution in [2.75, 3.05) is 19.7 Å². The van der Waals surface area contributed by atoms with Crippen LogP contribution < -0.4 is 4.74 Å². The van der Waals surface area contributed by atoms with E-state index in [0.29, 0.717) is 36.9 Å². The first-order valence-electron chi connectivity index (χ1n) is 7.84. The molecule has 1 aromatic rings. The molecule has 0 spiro atoms. The van der Waals surface area contributed by atoms with Gasteiger partial charge in [-0.1, -0.05) is 19.1 Å². The molecule has 2 fully saturated rings. The average molecular weight is 289 g/mol. The third-order valence-corrected chi connectivity index (χ3v) is 4.49. The summed E-state index contributed by atoms with van der Waals surface area (Å²) in [6.45, 7) is 3.84. The Morgan fingerprint density at radius 1 is 1.33 bits per heavy atom. The van der Waals surface area contributed by atoms with Gasteiger partial charge in [-0.25, -0.2) is 0 Å². The summed E-state index contributed by atoms with van der Waals surface area (Å²) >= 11 is 0. The van der Waals surface area contributed by atoms with E-state index in [4.69, 9.17) is 4.74 Å². The second kappa shape index (κ2) is 6.06. The van der Waals surface area contributed by atoms with Crippen molar-refractivity contribution in [1.82, 2.24) is 4.90 Å². The second-order valence-corrected chi connectivity index (χ2v) is 6.34. The molecular formula is C17H23NO3. The molecule has 1 amide bonds. The van der Waals surface area contributed by atoms with Gasteiger partial charge >= 0.3 is 0 Å². The number of piperidine rings is 1. The lowest BCUT2D eigenvalue weighted by Gasteiger charge is -2.34. The summed E-state index contributed by atoms with van der Waals surface area (Å²) in [7, 11) is 0. The quantitative estimate of drug-likeness (QED) is 0.925. The number of hydrogen-bond donors (Lipinski definition) is 1. The number of carbonyl (C=O) groups excluding carboxylic acids is 1. The summed E-state index contributed by atoms with van der Waals surface area (Å²) in [6, 6.07) is 7.43. The van der Waals surface area contributed by atoms with Crippen LogP contribution in [0.4, 0.5) is 0 Å². The number of likely N-dealkylation sites (tertiary alicyclic amines) is 1. The van der Waals surface area contributed by atoms with Gasteiger partial charge in [0.1, 0.15) is 5.75 Å². The first-order valence-corrected chi connectivity index (χ1v) is 7.84. The van der Waals surface area contributed by atoms with Crippen LogP contribution in [-0.2, 0) is 0 Å². The van der Waals surface area contributed by atoms with Gasteiger partial charge in [-0.05, 0) is 43.2 Å². The fraction of sp³-hybridized carbons (Fsp3) is 0.588. The van der Waals surface area contributed by atoms with Crippen LogP contribution in [0.3, 0.4) is 0 Å². The molecule has 1 saturated carbocycles. The Hall–Kier alpha value is -1.55. The van der Waals surface area contributed by atoms with Crippen molar-refractivity contribution in [1.29, 1.82) is 0 Å². The Balaban J connectivity index is 1.71. The Morgan fingerprint density at radius 3 is 2.81 bits per heavy atom. The minimum absolute atomic E-state index is 0.0349. The van der Waals surface area contributed by atoms with Crippen LogP contribution in [0.25, 0.3) is 0 Å². The fourth-order valence-corrected chi connectivity index (χ4v) is 2.67. The van der Waals surface area contributed by atoms with E-state index < -0.39 is 6.10 Å². The van der Waals surface area contributed by atoms with Crippen molar-refractivity contribution in [2.24, 2.45) is 11.8 Å². The molecule has 1 N–H and O–H groups in total. The van der Waals surface area contributed by atoms with E-state index in [-0.39, 0.29) is 11.8 Å². The zero-order chi connectivity index (χ0) is 14.8. The minimum Gasteiger partial charge on any atom is -0.492 e. The zero-order valence-electron chi connectivity index (χ0n) is 12.5. The van der Waals surface area contributed by atoms with E-state index in [0.717, 1.165) is 6.42 Å². The van der Waals surface area contributed by atoms with Crippen molar-refractivity contribution < 1.29 is 14.6 Å². The molecule has 3 rings (SSSR count). The van der Waals surface area contributed by atoms with E-state index in [1.807, 2.05) is 31.2 Å². The van der Waals surface area contributed by atoms with Crippen LogP contribution in [0.15, 0.2) is 24.3 Å². The largest absolute Gasteiger partial charge is 0.492 e. The molecule has 1 heterocycles. The molecule has 1 aliphatic carbocycles. The summed E-state index contributed by atoms with van der Waals surface area (Å²) in [5, 5.41) is 9.97.